The number of hydrogen-bond acceptors (Lipinski definition) is 1. The van der Waals surface area contributed by atoms with E-state index in [4.69, 9.17) is 17.0 Å². The van der Waals surface area contributed by atoms with Gasteiger partial charge in [0.05, 0.1) is 0 Å². The Morgan fingerprint density at radius 3 is 2.12 bits per heavy atom. The first-order valence-electron chi connectivity index (χ1n) is 4.51. The van der Waals surface area contributed by atoms with Gasteiger partial charge in [0.15, 0.2) is 4.98 Å². The van der Waals surface area contributed by atoms with Crippen molar-refractivity contribution in [3.05, 3.63) is 58.5 Å². The van der Waals surface area contributed by atoms with E-state index in [0.29, 0.717) is 10.7 Å². The maximum atomic E-state index is 8.55. The van der Waals surface area contributed by atoms with Gasteiger partial charge in [0, 0.05) is 22.7 Å². The van der Waals surface area contributed by atoms with Crippen LogP contribution in [0.2, 0.25) is 5.02 Å². The first-order chi connectivity index (χ1) is 7.31. The van der Waals surface area contributed by atoms with E-state index in [0.717, 1.165) is 11.1 Å². The van der Waals surface area contributed by atoms with Crippen LogP contribution >= 0.6 is 11.6 Å². The summed E-state index contributed by atoms with van der Waals surface area (Å²) in [7, 11) is 0. The van der Waals surface area contributed by atoms with Crippen molar-refractivity contribution < 1.29 is 12.4 Å². The maximum Gasteiger partial charge on any atom is 0.385 e. The minimum atomic E-state index is 0. The summed E-state index contributed by atoms with van der Waals surface area (Å²) in [5.74, 6) is 0. The van der Waals surface area contributed by atoms with Crippen molar-refractivity contribution >= 4 is 17.3 Å². The smallest absolute Gasteiger partial charge is 0.385 e. The van der Waals surface area contributed by atoms with Gasteiger partial charge < -0.3 is 12.4 Å². The normalized spacial score (nSPS) is 9.00. The Kier molecular flexibility index (Phi) is 4.30. The highest BCUT2D eigenvalue weighted by Crippen LogP contribution is 2.28. The molecule has 0 aliphatic heterocycles. The summed E-state index contributed by atoms with van der Waals surface area (Å²) in [5, 5.41) is 9.27. The van der Waals surface area contributed by atoms with Crippen LogP contribution in [0.4, 0.5) is 5.69 Å². The van der Waals surface area contributed by atoms with Gasteiger partial charge >= 0.3 is 5.69 Å². The largest absolute Gasteiger partial charge is 1.00 e. The number of rotatable bonds is 1. The highest BCUT2D eigenvalue weighted by molar-refractivity contribution is 6.33. The van der Waals surface area contributed by atoms with Crippen LogP contribution in [-0.4, -0.2) is 0 Å². The van der Waals surface area contributed by atoms with E-state index in [-0.39, 0.29) is 12.4 Å². The fraction of sp³-hybridized carbons (Fsp3) is 0. The zero-order valence-corrected chi connectivity index (χ0v) is 9.78. The first-order valence-corrected chi connectivity index (χ1v) is 4.89. The second-order valence-corrected chi connectivity index (χ2v) is 3.53. The quantitative estimate of drug-likeness (QED) is 0.706. The van der Waals surface area contributed by atoms with E-state index in [1.54, 1.807) is 12.1 Å². The average molecular weight is 251 g/mol. The standard InChI is InChI=1S/C12H8ClN2.ClH/c13-12-4-2-1-3-11(12)9-5-7-10(15-14)8-6-9;/h1-8H;1H/q+1;/p-1. The summed E-state index contributed by atoms with van der Waals surface area (Å²) < 4.78 is 0. The molecule has 0 aliphatic carbocycles. The first kappa shape index (κ1) is 12.5. The van der Waals surface area contributed by atoms with Crippen molar-refractivity contribution in [1.82, 2.24) is 0 Å². The topological polar surface area (TPSA) is 28.1 Å². The van der Waals surface area contributed by atoms with Crippen LogP contribution in [0.1, 0.15) is 0 Å². The van der Waals surface area contributed by atoms with Crippen LogP contribution in [0, 0.1) is 5.39 Å². The van der Waals surface area contributed by atoms with Gasteiger partial charge in [-0.3, -0.25) is 0 Å². The molecule has 2 aromatic rings. The highest BCUT2D eigenvalue weighted by Gasteiger charge is 2.06. The van der Waals surface area contributed by atoms with Gasteiger partial charge in [-0.25, -0.2) is 0 Å². The molecule has 0 saturated carbocycles. The van der Waals surface area contributed by atoms with Crippen molar-refractivity contribution in [2.24, 2.45) is 0 Å². The summed E-state index contributed by atoms with van der Waals surface area (Å²) >= 11 is 6.06. The summed E-state index contributed by atoms with van der Waals surface area (Å²) in [4.78, 5) is 3.09. The Labute approximate surface area is 105 Å². The SMILES string of the molecule is N#[N+]c1ccc(-c2ccccc2Cl)cc1.[Cl-]. The van der Waals surface area contributed by atoms with E-state index >= 15 is 0 Å². The number of diazo groups is 1. The zero-order valence-electron chi connectivity index (χ0n) is 8.27. The predicted molar refractivity (Wildman–Crippen MR) is 61.6 cm³/mol. The van der Waals surface area contributed by atoms with Gasteiger partial charge in [0.2, 0.25) is 5.39 Å². The van der Waals surface area contributed by atoms with Gasteiger partial charge in [-0.15, -0.1) is 0 Å². The monoisotopic (exact) mass is 250 g/mol. The van der Waals surface area contributed by atoms with Gasteiger partial charge in [-0.1, -0.05) is 29.8 Å². The van der Waals surface area contributed by atoms with Crippen LogP contribution < -0.4 is 12.4 Å². The molecule has 4 heteroatoms. The number of hydrogen-bond donors (Lipinski definition) is 0. The van der Waals surface area contributed by atoms with Crippen molar-refractivity contribution in [3.63, 3.8) is 0 Å². The second kappa shape index (κ2) is 5.50. The minimum Gasteiger partial charge on any atom is -1.00 e. The lowest BCUT2D eigenvalue weighted by Gasteiger charge is -2.02. The Balaban J connectivity index is 0.00000128. The van der Waals surface area contributed by atoms with Gasteiger partial charge in [-0.2, -0.15) is 0 Å². The third-order valence-electron chi connectivity index (χ3n) is 2.17. The molecule has 2 rings (SSSR count). The van der Waals surface area contributed by atoms with Crippen molar-refractivity contribution in [2.45, 2.75) is 0 Å². The van der Waals surface area contributed by atoms with Gasteiger partial charge in [0.1, 0.15) is 0 Å². The summed E-state index contributed by atoms with van der Waals surface area (Å²) in [5.41, 5.74) is 2.52. The molecule has 80 valence electrons. The van der Waals surface area contributed by atoms with E-state index in [1.807, 2.05) is 36.4 Å². The molecule has 0 heterocycles. The molecule has 0 fully saturated rings. The summed E-state index contributed by atoms with van der Waals surface area (Å²) in [6.07, 6.45) is 0. The van der Waals surface area contributed by atoms with Crippen LogP contribution in [0.25, 0.3) is 16.1 Å². The third kappa shape index (κ3) is 2.52. The summed E-state index contributed by atoms with van der Waals surface area (Å²) in [6, 6.07) is 14.8. The minimum absolute atomic E-state index is 0. The molecule has 0 unspecified atom stereocenters. The summed E-state index contributed by atoms with van der Waals surface area (Å²) in [6.45, 7) is 0. The van der Waals surface area contributed by atoms with E-state index in [9.17, 15) is 0 Å². The molecular formula is C12H8Cl2N2. The Bertz CT molecular complexity index is 515. The fourth-order valence-corrected chi connectivity index (χ4v) is 1.65. The Morgan fingerprint density at radius 1 is 0.938 bits per heavy atom. The van der Waals surface area contributed by atoms with E-state index in [1.165, 1.54) is 0 Å². The molecule has 0 aromatic heterocycles. The van der Waals surface area contributed by atoms with Crippen LogP contribution in [0.3, 0.4) is 0 Å². The van der Waals surface area contributed by atoms with Crippen LogP contribution in [0.5, 0.6) is 0 Å². The molecule has 0 aliphatic rings. The molecule has 0 spiro atoms. The average Bonchev–Trinajstić information content (AvgIpc) is 2.30. The van der Waals surface area contributed by atoms with Crippen molar-refractivity contribution in [2.75, 3.05) is 0 Å². The van der Waals surface area contributed by atoms with Crippen molar-refractivity contribution in [1.29, 1.82) is 5.39 Å². The Hall–Kier alpha value is -1.56. The lowest BCUT2D eigenvalue weighted by molar-refractivity contribution is -0.00000307. The lowest BCUT2D eigenvalue weighted by atomic mass is 10.1. The van der Waals surface area contributed by atoms with E-state index in [2.05, 4.69) is 4.98 Å². The lowest BCUT2D eigenvalue weighted by Crippen LogP contribution is -3.00. The number of benzene rings is 2. The molecule has 0 atom stereocenters. The highest BCUT2D eigenvalue weighted by atomic mass is 35.5. The maximum absolute atomic E-state index is 8.55. The molecule has 0 saturated heterocycles. The molecule has 16 heavy (non-hydrogen) atoms. The molecule has 2 nitrogen and oxygen atoms in total. The predicted octanol–water partition coefficient (Wildman–Crippen LogP) is 1.50. The van der Waals surface area contributed by atoms with Crippen LogP contribution in [0.15, 0.2) is 48.5 Å². The second-order valence-electron chi connectivity index (χ2n) is 3.13. The molecule has 0 bridgehead atoms. The molecule has 0 amide bonds. The molecule has 0 radical (unpaired) electrons. The third-order valence-corrected chi connectivity index (χ3v) is 2.50. The fourth-order valence-electron chi connectivity index (χ4n) is 1.40. The molecular weight excluding hydrogens is 243 g/mol. The van der Waals surface area contributed by atoms with Gasteiger partial charge in [0.25, 0.3) is 0 Å². The molecule has 2 aromatic carbocycles. The van der Waals surface area contributed by atoms with Gasteiger partial charge in [-0.05, 0) is 23.8 Å². The Morgan fingerprint density at radius 2 is 1.56 bits per heavy atom. The van der Waals surface area contributed by atoms with E-state index < -0.39 is 0 Å². The molecule has 0 N–H and O–H groups in total. The number of nitrogens with zero attached hydrogens (tertiary/aromatic N) is 2. The number of halogens is 2. The van der Waals surface area contributed by atoms with Crippen LogP contribution in [-0.2, 0) is 0 Å². The zero-order chi connectivity index (χ0) is 10.7. The van der Waals surface area contributed by atoms with Crippen molar-refractivity contribution in [3.8, 4) is 11.1 Å².